The van der Waals surface area contributed by atoms with Crippen LogP contribution in [0.15, 0.2) is 24.9 Å². The van der Waals surface area contributed by atoms with E-state index in [1.165, 1.54) is 6.33 Å². The molecule has 0 atom stereocenters. The molecule has 0 saturated heterocycles. The molecule has 4 rings (SSSR count). The molecule has 0 saturated carbocycles. The second-order valence-electron chi connectivity index (χ2n) is 4.20. The molecule has 8 heteroatoms. The first kappa shape index (κ1) is 12.9. The van der Waals surface area contributed by atoms with Crippen LogP contribution >= 0.6 is 24.4 Å². The zero-order valence-electron chi connectivity index (χ0n) is 10.3. The highest BCUT2D eigenvalue weighted by molar-refractivity contribution is 7.80. The predicted octanol–water partition coefficient (Wildman–Crippen LogP) is 1.54. The Labute approximate surface area is 126 Å². The summed E-state index contributed by atoms with van der Waals surface area (Å²) in [5.41, 5.74) is 2.04. The SMILES string of the molecule is S=C1Cc2cncnc2N1.S=C1Cc2nccnc2N1. The van der Waals surface area contributed by atoms with E-state index < -0.39 is 0 Å². The van der Waals surface area contributed by atoms with Gasteiger partial charge in [-0.05, 0) is 0 Å². The summed E-state index contributed by atoms with van der Waals surface area (Å²) < 4.78 is 0. The van der Waals surface area contributed by atoms with Crippen LogP contribution in [-0.2, 0) is 12.8 Å². The Morgan fingerprint density at radius 2 is 1.65 bits per heavy atom. The normalized spacial score (nSPS) is 14.6. The van der Waals surface area contributed by atoms with Gasteiger partial charge in [-0.1, -0.05) is 24.4 Å². The molecule has 0 bridgehead atoms. The van der Waals surface area contributed by atoms with Gasteiger partial charge in [-0.25, -0.2) is 15.0 Å². The lowest BCUT2D eigenvalue weighted by atomic mass is 10.3. The van der Waals surface area contributed by atoms with Crippen molar-refractivity contribution in [2.45, 2.75) is 12.8 Å². The lowest BCUT2D eigenvalue weighted by Gasteiger charge is -1.92. The van der Waals surface area contributed by atoms with Crippen molar-refractivity contribution >= 4 is 46.0 Å². The Morgan fingerprint density at radius 1 is 0.900 bits per heavy atom. The molecule has 6 nitrogen and oxygen atoms in total. The van der Waals surface area contributed by atoms with Gasteiger partial charge in [0.2, 0.25) is 0 Å². The van der Waals surface area contributed by atoms with E-state index in [0.717, 1.165) is 45.7 Å². The van der Waals surface area contributed by atoms with Crippen LogP contribution in [0.4, 0.5) is 11.6 Å². The van der Waals surface area contributed by atoms with Gasteiger partial charge >= 0.3 is 0 Å². The van der Waals surface area contributed by atoms with Crippen molar-refractivity contribution in [2.24, 2.45) is 0 Å². The lowest BCUT2D eigenvalue weighted by molar-refractivity contribution is 1.12. The highest BCUT2D eigenvalue weighted by Gasteiger charge is 2.15. The van der Waals surface area contributed by atoms with Crippen molar-refractivity contribution < 1.29 is 0 Å². The van der Waals surface area contributed by atoms with E-state index in [-0.39, 0.29) is 0 Å². The number of aromatic nitrogens is 4. The third-order valence-corrected chi connectivity index (χ3v) is 3.25. The fraction of sp³-hybridized carbons (Fsp3) is 0.167. The van der Waals surface area contributed by atoms with Gasteiger partial charge < -0.3 is 10.6 Å². The molecule has 0 unspecified atom stereocenters. The van der Waals surface area contributed by atoms with Gasteiger partial charge in [0.1, 0.15) is 12.1 Å². The Kier molecular flexibility index (Phi) is 3.57. The van der Waals surface area contributed by atoms with E-state index in [9.17, 15) is 0 Å². The molecule has 2 aliphatic heterocycles. The maximum absolute atomic E-state index is 4.95. The summed E-state index contributed by atoms with van der Waals surface area (Å²) in [6, 6.07) is 0. The van der Waals surface area contributed by atoms with Crippen molar-refractivity contribution in [3.63, 3.8) is 0 Å². The van der Waals surface area contributed by atoms with Crippen LogP contribution < -0.4 is 10.6 Å². The van der Waals surface area contributed by atoms with E-state index in [2.05, 4.69) is 30.6 Å². The number of thiocarbonyl (C=S) groups is 2. The summed E-state index contributed by atoms with van der Waals surface area (Å²) in [7, 11) is 0. The third-order valence-electron chi connectivity index (χ3n) is 2.76. The summed E-state index contributed by atoms with van der Waals surface area (Å²) in [5.74, 6) is 1.67. The van der Waals surface area contributed by atoms with Gasteiger partial charge in [0.05, 0.1) is 15.7 Å². The highest BCUT2D eigenvalue weighted by Crippen LogP contribution is 2.18. The molecule has 2 aliphatic rings. The van der Waals surface area contributed by atoms with Gasteiger partial charge in [0, 0.05) is 37.0 Å². The quantitative estimate of drug-likeness (QED) is 0.710. The Balaban J connectivity index is 0.000000121. The van der Waals surface area contributed by atoms with Crippen LogP contribution in [0.1, 0.15) is 11.3 Å². The number of anilines is 2. The van der Waals surface area contributed by atoms with Gasteiger partial charge in [0.25, 0.3) is 0 Å². The smallest absolute Gasteiger partial charge is 0.152 e. The number of rotatable bonds is 0. The second-order valence-corrected chi connectivity index (χ2v) is 5.18. The minimum atomic E-state index is 0.735. The first-order valence-corrected chi connectivity index (χ1v) is 6.72. The zero-order chi connectivity index (χ0) is 13.9. The van der Waals surface area contributed by atoms with Crippen molar-refractivity contribution in [2.75, 3.05) is 10.6 Å². The van der Waals surface area contributed by atoms with Crippen molar-refractivity contribution in [3.05, 3.63) is 36.2 Å². The van der Waals surface area contributed by atoms with Crippen LogP contribution in [0.3, 0.4) is 0 Å². The van der Waals surface area contributed by atoms with Crippen LogP contribution in [0.25, 0.3) is 0 Å². The number of hydrogen-bond acceptors (Lipinski definition) is 6. The van der Waals surface area contributed by atoms with E-state index in [4.69, 9.17) is 24.4 Å². The summed E-state index contributed by atoms with van der Waals surface area (Å²) in [4.78, 5) is 17.7. The monoisotopic (exact) mass is 302 g/mol. The Bertz CT molecular complexity index is 574. The van der Waals surface area contributed by atoms with Crippen LogP contribution in [0.5, 0.6) is 0 Å². The largest absolute Gasteiger partial charge is 0.334 e. The average molecular weight is 302 g/mol. The average Bonchev–Trinajstić information content (AvgIpc) is 2.99. The second kappa shape index (κ2) is 5.51. The molecule has 0 aromatic carbocycles. The number of fused-ring (bicyclic) bond motifs is 2. The molecular weight excluding hydrogens is 292 g/mol. The standard InChI is InChI=1S/2C6H5N3S/c10-5-1-4-2-7-3-8-6(4)9-5;10-5-3-4-6(9-5)8-2-1-7-4/h2-3H,1H2,(H,7,8,9,10);1-2H,3H2,(H,8,9,10). The third kappa shape index (κ3) is 2.75. The fourth-order valence-electron chi connectivity index (χ4n) is 1.88. The van der Waals surface area contributed by atoms with Crippen molar-refractivity contribution in [1.82, 2.24) is 19.9 Å². The van der Waals surface area contributed by atoms with E-state index in [1.807, 2.05) is 0 Å². The molecular formula is C12H10N6S2. The summed E-state index contributed by atoms with van der Waals surface area (Å²) in [5, 5.41) is 5.93. The predicted molar refractivity (Wildman–Crippen MR) is 83.9 cm³/mol. The van der Waals surface area contributed by atoms with Crippen LogP contribution in [0, 0.1) is 0 Å². The molecule has 0 amide bonds. The minimum absolute atomic E-state index is 0.735. The van der Waals surface area contributed by atoms with E-state index in [1.54, 1.807) is 18.6 Å². The number of hydrogen-bond donors (Lipinski definition) is 2. The fourth-order valence-corrected chi connectivity index (χ4v) is 2.36. The first-order chi connectivity index (χ1) is 9.72. The topological polar surface area (TPSA) is 75.6 Å². The van der Waals surface area contributed by atoms with E-state index >= 15 is 0 Å². The van der Waals surface area contributed by atoms with Crippen molar-refractivity contribution in [3.8, 4) is 0 Å². The van der Waals surface area contributed by atoms with Gasteiger partial charge in [-0.3, -0.25) is 4.98 Å². The molecule has 4 heterocycles. The lowest BCUT2D eigenvalue weighted by Crippen LogP contribution is -2.01. The molecule has 0 radical (unpaired) electrons. The molecule has 0 spiro atoms. The molecule has 0 fully saturated rings. The first-order valence-electron chi connectivity index (χ1n) is 5.91. The highest BCUT2D eigenvalue weighted by atomic mass is 32.1. The molecule has 2 aromatic heterocycles. The maximum Gasteiger partial charge on any atom is 0.152 e. The maximum atomic E-state index is 4.95. The summed E-state index contributed by atoms with van der Waals surface area (Å²) >= 11 is 9.88. The number of nitrogens with zero attached hydrogens (tertiary/aromatic N) is 4. The van der Waals surface area contributed by atoms with Crippen molar-refractivity contribution in [1.29, 1.82) is 0 Å². The van der Waals surface area contributed by atoms with Gasteiger partial charge in [-0.2, -0.15) is 0 Å². The molecule has 20 heavy (non-hydrogen) atoms. The Morgan fingerprint density at radius 3 is 2.45 bits per heavy atom. The Hall–Kier alpha value is -2.06. The summed E-state index contributed by atoms with van der Waals surface area (Å²) in [6.07, 6.45) is 8.15. The zero-order valence-corrected chi connectivity index (χ0v) is 12.0. The van der Waals surface area contributed by atoms with Gasteiger partial charge in [0.15, 0.2) is 5.82 Å². The summed E-state index contributed by atoms with van der Waals surface area (Å²) in [6.45, 7) is 0. The van der Waals surface area contributed by atoms with Crippen LogP contribution in [0.2, 0.25) is 0 Å². The number of nitrogens with one attached hydrogen (secondary N) is 2. The molecule has 2 N–H and O–H groups in total. The van der Waals surface area contributed by atoms with Crippen LogP contribution in [-0.4, -0.2) is 29.9 Å². The van der Waals surface area contributed by atoms with E-state index in [0.29, 0.717) is 0 Å². The minimum Gasteiger partial charge on any atom is -0.334 e. The molecule has 100 valence electrons. The van der Waals surface area contributed by atoms with Gasteiger partial charge in [-0.15, -0.1) is 0 Å². The molecule has 0 aliphatic carbocycles. The molecule has 2 aromatic rings.